The fraction of sp³-hybridized carbons (Fsp3) is 0.389. The minimum Gasteiger partial charge on any atom is -0.326 e. The summed E-state index contributed by atoms with van der Waals surface area (Å²) in [5, 5.41) is 6.77. The highest BCUT2D eigenvalue weighted by molar-refractivity contribution is 7.08. The van der Waals surface area contributed by atoms with E-state index in [0.29, 0.717) is 18.5 Å². The summed E-state index contributed by atoms with van der Waals surface area (Å²) < 4.78 is 38.7. The first-order valence-electron chi connectivity index (χ1n) is 7.93. The van der Waals surface area contributed by atoms with E-state index >= 15 is 0 Å². The third kappa shape index (κ3) is 3.98. The molecule has 1 amide bonds. The Morgan fingerprint density at radius 1 is 1.17 bits per heavy atom. The smallest absolute Gasteiger partial charge is 0.326 e. The zero-order valence-electron chi connectivity index (χ0n) is 13.0. The highest BCUT2D eigenvalue weighted by atomic mass is 32.1. The molecule has 0 saturated heterocycles. The van der Waals surface area contributed by atoms with E-state index in [1.165, 1.54) is 0 Å². The molecule has 2 nitrogen and oxygen atoms in total. The Kier molecular flexibility index (Phi) is 4.94. The van der Waals surface area contributed by atoms with Gasteiger partial charge in [-0.3, -0.25) is 4.79 Å². The van der Waals surface area contributed by atoms with Gasteiger partial charge < -0.3 is 5.32 Å². The molecule has 1 heterocycles. The van der Waals surface area contributed by atoms with Gasteiger partial charge >= 0.3 is 6.18 Å². The molecule has 6 heteroatoms. The fourth-order valence-corrected chi connectivity index (χ4v) is 3.84. The molecule has 0 aliphatic heterocycles. The van der Waals surface area contributed by atoms with E-state index in [0.717, 1.165) is 11.1 Å². The lowest BCUT2D eigenvalue weighted by Gasteiger charge is -2.29. The van der Waals surface area contributed by atoms with Gasteiger partial charge in [0, 0.05) is 11.6 Å². The monoisotopic (exact) mass is 353 g/mol. The van der Waals surface area contributed by atoms with Gasteiger partial charge in [-0.15, -0.1) is 0 Å². The number of hydrogen-bond acceptors (Lipinski definition) is 2. The number of carbonyl (C=O) groups excluding carboxylic acids is 1. The van der Waals surface area contributed by atoms with Crippen LogP contribution in [0.3, 0.4) is 0 Å². The summed E-state index contributed by atoms with van der Waals surface area (Å²) in [5.74, 6) is -2.25. The summed E-state index contributed by atoms with van der Waals surface area (Å²) in [4.78, 5) is 12.4. The average Bonchev–Trinajstić information content (AvgIpc) is 3.09. The van der Waals surface area contributed by atoms with Crippen molar-refractivity contribution in [2.24, 2.45) is 11.8 Å². The number of halogens is 3. The van der Waals surface area contributed by atoms with Gasteiger partial charge in [0.15, 0.2) is 0 Å². The first-order chi connectivity index (χ1) is 11.4. The fourth-order valence-electron chi connectivity index (χ4n) is 3.17. The van der Waals surface area contributed by atoms with Crippen LogP contribution in [0, 0.1) is 11.8 Å². The van der Waals surface area contributed by atoms with Crippen LogP contribution in [0.4, 0.5) is 18.9 Å². The molecule has 0 radical (unpaired) electrons. The number of anilines is 1. The van der Waals surface area contributed by atoms with Crippen LogP contribution >= 0.6 is 11.3 Å². The van der Waals surface area contributed by atoms with Crippen molar-refractivity contribution in [2.45, 2.75) is 31.9 Å². The second-order valence-electron chi connectivity index (χ2n) is 6.18. The van der Waals surface area contributed by atoms with E-state index < -0.39 is 18.0 Å². The molecular formula is C18H18F3NOS. The molecule has 1 saturated carbocycles. The standard InChI is InChI=1S/C18H18F3NOS/c19-18(20,21)15-5-1-4-13(9-15)17(23)22-16-6-2-3-12(10-16)14-7-8-24-11-14/h2-3,6-8,10-11,13,15H,1,4-5,9H2,(H,22,23). The summed E-state index contributed by atoms with van der Waals surface area (Å²) in [6, 6.07) is 9.38. The predicted octanol–water partition coefficient (Wildman–Crippen LogP) is 5.72. The molecule has 1 aromatic heterocycles. The van der Waals surface area contributed by atoms with Crippen molar-refractivity contribution in [3.63, 3.8) is 0 Å². The van der Waals surface area contributed by atoms with Crippen molar-refractivity contribution in [3.8, 4) is 11.1 Å². The lowest BCUT2D eigenvalue weighted by atomic mass is 9.80. The van der Waals surface area contributed by atoms with Crippen LogP contribution in [0.15, 0.2) is 41.1 Å². The van der Waals surface area contributed by atoms with Gasteiger partial charge in [-0.25, -0.2) is 0 Å². The number of benzene rings is 1. The molecule has 128 valence electrons. The second-order valence-corrected chi connectivity index (χ2v) is 6.96. The maximum atomic E-state index is 12.9. The Hall–Kier alpha value is -1.82. The van der Waals surface area contributed by atoms with Crippen LogP contribution in [0.25, 0.3) is 11.1 Å². The van der Waals surface area contributed by atoms with Crippen LogP contribution < -0.4 is 5.32 Å². The maximum Gasteiger partial charge on any atom is 0.391 e. The Balaban J connectivity index is 1.68. The predicted molar refractivity (Wildman–Crippen MR) is 89.9 cm³/mol. The van der Waals surface area contributed by atoms with E-state index in [1.54, 1.807) is 17.4 Å². The van der Waals surface area contributed by atoms with Gasteiger partial charge in [0.25, 0.3) is 0 Å². The van der Waals surface area contributed by atoms with Crippen LogP contribution in [-0.4, -0.2) is 12.1 Å². The van der Waals surface area contributed by atoms with E-state index in [4.69, 9.17) is 0 Å². The van der Waals surface area contributed by atoms with E-state index in [9.17, 15) is 18.0 Å². The van der Waals surface area contributed by atoms with Crippen molar-refractivity contribution in [3.05, 3.63) is 41.1 Å². The molecule has 24 heavy (non-hydrogen) atoms. The normalized spacial score (nSPS) is 21.5. The molecule has 1 N–H and O–H groups in total. The molecule has 1 fully saturated rings. The number of nitrogens with one attached hydrogen (secondary N) is 1. The molecule has 1 aliphatic carbocycles. The summed E-state index contributed by atoms with van der Waals surface area (Å²) in [6.07, 6.45) is -3.24. The van der Waals surface area contributed by atoms with Crippen molar-refractivity contribution < 1.29 is 18.0 Å². The molecule has 3 rings (SSSR count). The molecule has 2 atom stereocenters. The lowest BCUT2D eigenvalue weighted by Crippen LogP contribution is -2.34. The van der Waals surface area contributed by atoms with Crippen LogP contribution in [-0.2, 0) is 4.79 Å². The Labute approximate surface area is 142 Å². The highest BCUT2D eigenvalue weighted by Gasteiger charge is 2.43. The Morgan fingerprint density at radius 2 is 2.00 bits per heavy atom. The van der Waals surface area contributed by atoms with Gasteiger partial charge in [-0.1, -0.05) is 18.6 Å². The number of carbonyl (C=O) groups is 1. The van der Waals surface area contributed by atoms with Crippen LogP contribution in [0.1, 0.15) is 25.7 Å². The summed E-state index contributed by atoms with van der Waals surface area (Å²) in [5.41, 5.74) is 2.66. The molecular weight excluding hydrogens is 335 g/mol. The van der Waals surface area contributed by atoms with Crippen LogP contribution in [0.2, 0.25) is 0 Å². The van der Waals surface area contributed by atoms with Gasteiger partial charge in [-0.05, 0) is 59.3 Å². The van der Waals surface area contributed by atoms with Gasteiger partial charge in [0.05, 0.1) is 5.92 Å². The minimum atomic E-state index is -4.21. The van der Waals surface area contributed by atoms with Crippen molar-refractivity contribution in [2.75, 3.05) is 5.32 Å². The van der Waals surface area contributed by atoms with Crippen molar-refractivity contribution in [1.29, 1.82) is 0 Å². The third-order valence-corrected chi connectivity index (χ3v) is 5.18. The molecule has 2 unspecified atom stereocenters. The molecule has 0 spiro atoms. The molecule has 1 aliphatic rings. The zero-order chi connectivity index (χ0) is 17.2. The first-order valence-corrected chi connectivity index (χ1v) is 8.88. The van der Waals surface area contributed by atoms with Crippen molar-refractivity contribution in [1.82, 2.24) is 0 Å². The van der Waals surface area contributed by atoms with Crippen LogP contribution in [0.5, 0.6) is 0 Å². The number of hydrogen-bond donors (Lipinski definition) is 1. The van der Waals surface area contributed by atoms with E-state index in [2.05, 4.69) is 5.32 Å². The zero-order valence-corrected chi connectivity index (χ0v) is 13.8. The minimum absolute atomic E-state index is 0.112. The number of amides is 1. The summed E-state index contributed by atoms with van der Waals surface area (Å²) >= 11 is 1.59. The Bertz CT molecular complexity index is 697. The van der Waals surface area contributed by atoms with Crippen molar-refractivity contribution >= 4 is 22.9 Å². The van der Waals surface area contributed by atoms with E-state index in [1.807, 2.05) is 35.0 Å². The summed E-state index contributed by atoms with van der Waals surface area (Å²) in [6.45, 7) is 0. The molecule has 2 aromatic rings. The average molecular weight is 353 g/mol. The highest BCUT2D eigenvalue weighted by Crippen LogP contribution is 2.40. The van der Waals surface area contributed by atoms with Gasteiger partial charge in [0.1, 0.15) is 0 Å². The van der Waals surface area contributed by atoms with E-state index in [-0.39, 0.29) is 18.7 Å². The maximum absolute atomic E-state index is 12.9. The number of alkyl halides is 3. The lowest BCUT2D eigenvalue weighted by molar-refractivity contribution is -0.185. The molecule has 1 aromatic carbocycles. The van der Waals surface area contributed by atoms with Gasteiger partial charge in [-0.2, -0.15) is 24.5 Å². The first kappa shape index (κ1) is 17.0. The molecule has 0 bridgehead atoms. The largest absolute Gasteiger partial charge is 0.391 e. The Morgan fingerprint density at radius 3 is 2.71 bits per heavy atom. The SMILES string of the molecule is O=C(Nc1cccc(-c2ccsc2)c1)C1CCCC(C(F)(F)F)C1. The third-order valence-electron chi connectivity index (χ3n) is 4.49. The number of thiophene rings is 1. The number of rotatable bonds is 3. The second kappa shape index (κ2) is 6.97. The topological polar surface area (TPSA) is 29.1 Å². The quantitative estimate of drug-likeness (QED) is 0.751. The summed E-state index contributed by atoms with van der Waals surface area (Å²) in [7, 11) is 0. The van der Waals surface area contributed by atoms with Gasteiger partial charge in [0.2, 0.25) is 5.91 Å².